The summed E-state index contributed by atoms with van der Waals surface area (Å²) < 4.78 is 10.5. The highest BCUT2D eigenvalue weighted by atomic mass is 35.5. The van der Waals surface area contributed by atoms with E-state index in [1.54, 1.807) is 13.3 Å². The number of hydrazone groups is 1. The Bertz CT molecular complexity index is 612. The van der Waals surface area contributed by atoms with Gasteiger partial charge in [-0.05, 0) is 55.0 Å². The van der Waals surface area contributed by atoms with Gasteiger partial charge in [-0.25, -0.2) is 0 Å². The quantitative estimate of drug-likeness (QED) is 0.642. The third kappa shape index (κ3) is 4.39. The number of ether oxygens (including phenoxy) is 2. The van der Waals surface area contributed by atoms with Crippen LogP contribution in [0, 0.1) is 0 Å². The average molecular weight is 305 g/mol. The fourth-order valence-corrected chi connectivity index (χ4v) is 1.96. The summed E-state index contributed by atoms with van der Waals surface area (Å²) in [7, 11) is 1.64. The number of methoxy groups -OCH3 is 1. The van der Waals surface area contributed by atoms with Crippen molar-refractivity contribution < 1.29 is 9.47 Å². The summed E-state index contributed by atoms with van der Waals surface area (Å²) in [4.78, 5) is 0. The van der Waals surface area contributed by atoms with E-state index >= 15 is 0 Å². The number of rotatable bonds is 6. The van der Waals surface area contributed by atoms with Crippen molar-refractivity contribution in [1.29, 1.82) is 0 Å². The molecule has 0 radical (unpaired) electrons. The Labute approximate surface area is 129 Å². The molecule has 0 aliphatic rings. The molecule has 1 N–H and O–H groups in total. The summed E-state index contributed by atoms with van der Waals surface area (Å²) in [5, 5.41) is 4.74. The summed E-state index contributed by atoms with van der Waals surface area (Å²) in [6, 6.07) is 13.1. The lowest BCUT2D eigenvalue weighted by Gasteiger charge is -2.05. The molecule has 2 aromatic rings. The van der Waals surface area contributed by atoms with Crippen LogP contribution < -0.4 is 14.9 Å². The van der Waals surface area contributed by atoms with E-state index in [-0.39, 0.29) is 0 Å². The first-order valence-corrected chi connectivity index (χ1v) is 6.96. The van der Waals surface area contributed by atoms with Gasteiger partial charge in [0.25, 0.3) is 0 Å². The van der Waals surface area contributed by atoms with Crippen molar-refractivity contribution in [3.63, 3.8) is 0 Å². The molecule has 5 heteroatoms. The van der Waals surface area contributed by atoms with Crippen molar-refractivity contribution >= 4 is 23.5 Å². The molecule has 4 nitrogen and oxygen atoms in total. The first-order valence-electron chi connectivity index (χ1n) is 6.58. The minimum absolute atomic E-state index is 0.574. The Hall–Kier alpha value is -2.20. The molecule has 0 unspecified atom stereocenters. The van der Waals surface area contributed by atoms with Crippen molar-refractivity contribution in [2.45, 2.75) is 6.92 Å². The zero-order valence-electron chi connectivity index (χ0n) is 12.0. The topological polar surface area (TPSA) is 42.8 Å². The molecular weight excluding hydrogens is 288 g/mol. The van der Waals surface area contributed by atoms with Gasteiger partial charge in [-0.2, -0.15) is 5.10 Å². The van der Waals surface area contributed by atoms with Crippen LogP contribution in [0.3, 0.4) is 0 Å². The Morgan fingerprint density at radius 2 is 1.95 bits per heavy atom. The summed E-state index contributed by atoms with van der Waals surface area (Å²) in [5.41, 5.74) is 4.72. The maximum atomic E-state index is 6.12. The molecule has 0 fully saturated rings. The minimum atomic E-state index is 0.574. The van der Waals surface area contributed by atoms with Gasteiger partial charge in [0, 0.05) is 0 Å². The molecule has 110 valence electrons. The van der Waals surface area contributed by atoms with E-state index in [1.165, 1.54) is 0 Å². The predicted octanol–water partition coefficient (Wildman–Crippen LogP) is 4.19. The first-order chi connectivity index (χ1) is 10.2. The maximum absolute atomic E-state index is 6.12. The van der Waals surface area contributed by atoms with Gasteiger partial charge in [0.05, 0.1) is 30.6 Å². The molecule has 0 aliphatic heterocycles. The molecule has 21 heavy (non-hydrogen) atoms. The third-order valence-electron chi connectivity index (χ3n) is 2.75. The van der Waals surface area contributed by atoms with Crippen LogP contribution in [0.25, 0.3) is 0 Å². The Kier molecular flexibility index (Phi) is 5.46. The van der Waals surface area contributed by atoms with Gasteiger partial charge in [0.2, 0.25) is 0 Å². The molecule has 0 atom stereocenters. The number of hydrogen-bond acceptors (Lipinski definition) is 4. The van der Waals surface area contributed by atoms with Gasteiger partial charge >= 0.3 is 0 Å². The molecule has 0 saturated carbocycles. The second-order valence-corrected chi connectivity index (χ2v) is 4.63. The van der Waals surface area contributed by atoms with Crippen LogP contribution >= 0.6 is 11.6 Å². The second kappa shape index (κ2) is 7.55. The molecule has 0 heterocycles. The second-order valence-electron chi connectivity index (χ2n) is 4.22. The summed E-state index contributed by atoms with van der Waals surface area (Å²) in [6.45, 7) is 2.51. The zero-order chi connectivity index (χ0) is 15.1. The number of halogens is 1. The molecule has 2 aromatic carbocycles. The van der Waals surface area contributed by atoms with E-state index in [4.69, 9.17) is 21.1 Å². The highest BCUT2D eigenvalue weighted by Gasteiger charge is 2.01. The Balaban J connectivity index is 1.98. The highest BCUT2D eigenvalue weighted by molar-refractivity contribution is 6.32. The fourth-order valence-electron chi connectivity index (χ4n) is 1.72. The van der Waals surface area contributed by atoms with Gasteiger partial charge in [0.15, 0.2) is 0 Å². The van der Waals surface area contributed by atoms with Gasteiger partial charge < -0.3 is 9.47 Å². The van der Waals surface area contributed by atoms with Crippen molar-refractivity contribution in [3.8, 4) is 11.5 Å². The van der Waals surface area contributed by atoms with Crippen molar-refractivity contribution in [1.82, 2.24) is 0 Å². The van der Waals surface area contributed by atoms with Crippen molar-refractivity contribution in [3.05, 3.63) is 53.1 Å². The van der Waals surface area contributed by atoms with Crippen LogP contribution in [0.5, 0.6) is 11.5 Å². The number of benzene rings is 2. The summed E-state index contributed by atoms with van der Waals surface area (Å²) >= 11 is 6.12. The Morgan fingerprint density at radius 3 is 2.57 bits per heavy atom. The number of anilines is 1. The molecule has 0 aromatic heterocycles. The minimum Gasteiger partial charge on any atom is -0.497 e. The SMILES string of the molecule is CCOc1ccc(/C=N/Nc2ccc(OC)cc2)cc1Cl. The number of nitrogens with zero attached hydrogens (tertiary/aromatic N) is 1. The van der Waals surface area contributed by atoms with Crippen LogP contribution in [0.15, 0.2) is 47.6 Å². The monoisotopic (exact) mass is 304 g/mol. The molecule has 0 saturated heterocycles. The van der Waals surface area contributed by atoms with Crippen LogP contribution in [0.4, 0.5) is 5.69 Å². The molecule has 0 aliphatic carbocycles. The Morgan fingerprint density at radius 1 is 1.19 bits per heavy atom. The lowest BCUT2D eigenvalue weighted by atomic mass is 10.2. The molecule has 2 rings (SSSR count). The van der Waals surface area contributed by atoms with E-state index in [9.17, 15) is 0 Å². The van der Waals surface area contributed by atoms with Crippen LogP contribution in [-0.4, -0.2) is 19.9 Å². The third-order valence-corrected chi connectivity index (χ3v) is 3.05. The van der Waals surface area contributed by atoms with Gasteiger partial charge in [0.1, 0.15) is 11.5 Å². The van der Waals surface area contributed by atoms with E-state index < -0.39 is 0 Å². The average Bonchev–Trinajstić information content (AvgIpc) is 2.51. The van der Waals surface area contributed by atoms with Crippen molar-refractivity contribution in [2.75, 3.05) is 19.1 Å². The largest absolute Gasteiger partial charge is 0.497 e. The molecule has 0 bridgehead atoms. The number of hydrogen-bond donors (Lipinski definition) is 1. The van der Waals surface area contributed by atoms with Crippen LogP contribution in [0.2, 0.25) is 5.02 Å². The van der Waals surface area contributed by atoms with E-state index in [0.29, 0.717) is 17.4 Å². The van der Waals surface area contributed by atoms with E-state index in [2.05, 4.69) is 10.5 Å². The summed E-state index contributed by atoms with van der Waals surface area (Å²) in [5.74, 6) is 1.49. The molecular formula is C16H17ClN2O2. The maximum Gasteiger partial charge on any atom is 0.137 e. The van der Waals surface area contributed by atoms with Gasteiger partial charge in [-0.3, -0.25) is 5.43 Å². The van der Waals surface area contributed by atoms with Crippen LogP contribution in [-0.2, 0) is 0 Å². The van der Waals surface area contributed by atoms with E-state index in [1.807, 2.05) is 49.4 Å². The van der Waals surface area contributed by atoms with Gasteiger partial charge in [-0.15, -0.1) is 0 Å². The lowest BCUT2D eigenvalue weighted by Crippen LogP contribution is -1.94. The molecule has 0 spiro atoms. The standard InChI is InChI=1S/C16H17ClN2O2/c1-3-21-16-9-4-12(10-15(16)17)11-18-19-13-5-7-14(20-2)8-6-13/h4-11,19H,3H2,1-2H3/b18-11+. The zero-order valence-corrected chi connectivity index (χ0v) is 12.7. The first kappa shape index (κ1) is 15.2. The van der Waals surface area contributed by atoms with Crippen LogP contribution in [0.1, 0.15) is 12.5 Å². The molecule has 0 amide bonds. The predicted molar refractivity (Wildman–Crippen MR) is 86.8 cm³/mol. The van der Waals surface area contributed by atoms with Crippen molar-refractivity contribution in [2.24, 2.45) is 5.10 Å². The number of nitrogens with one attached hydrogen (secondary N) is 1. The fraction of sp³-hybridized carbons (Fsp3) is 0.188. The smallest absolute Gasteiger partial charge is 0.137 e. The van der Waals surface area contributed by atoms with Gasteiger partial charge in [-0.1, -0.05) is 11.6 Å². The highest BCUT2D eigenvalue weighted by Crippen LogP contribution is 2.24. The normalized spacial score (nSPS) is 10.6. The summed E-state index contributed by atoms with van der Waals surface area (Å²) in [6.07, 6.45) is 1.70. The lowest BCUT2D eigenvalue weighted by molar-refractivity contribution is 0.340. The van der Waals surface area contributed by atoms with E-state index in [0.717, 1.165) is 17.0 Å².